The van der Waals surface area contributed by atoms with Crippen LogP contribution in [0.5, 0.6) is 5.75 Å². The lowest BCUT2D eigenvalue weighted by molar-refractivity contribution is 0.0924. The van der Waals surface area contributed by atoms with Crippen molar-refractivity contribution in [3.05, 3.63) is 58.1 Å². The van der Waals surface area contributed by atoms with Gasteiger partial charge >= 0.3 is 0 Å². The average Bonchev–Trinajstić information content (AvgIpc) is 2.70. The van der Waals surface area contributed by atoms with E-state index in [0.29, 0.717) is 22.9 Å². The molecule has 0 radical (unpaired) electrons. The molecule has 6 heteroatoms. The molecule has 0 spiro atoms. The molecule has 3 rings (SSSR count). The number of nitrogens with one attached hydrogen (secondary N) is 2. The van der Waals surface area contributed by atoms with Crippen molar-refractivity contribution >= 4 is 23.2 Å². The highest BCUT2D eigenvalue weighted by Crippen LogP contribution is 2.30. The van der Waals surface area contributed by atoms with E-state index in [9.17, 15) is 4.79 Å². The largest absolute Gasteiger partial charge is 0.496 e. The summed E-state index contributed by atoms with van der Waals surface area (Å²) in [6.45, 7) is 4.59. The number of rotatable bonds is 6. The van der Waals surface area contributed by atoms with Crippen molar-refractivity contribution in [1.29, 1.82) is 0 Å². The molecule has 5 nitrogen and oxygen atoms in total. The summed E-state index contributed by atoms with van der Waals surface area (Å²) in [4.78, 5) is 15.2. The normalized spacial score (nSPS) is 16.5. The Labute approximate surface area is 165 Å². The second-order valence-corrected chi connectivity index (χ2v) is 7.09. The SMILES string of the molecule is CCN1Cc2ccccc2C[C@@H]1CNC(=O)c1cc(Cl)c(NC)cc1OC. The maximum Gasteiger partial charge on any atom is 0.255 e. The lowest BCUT2D eigenvalue weighted by Crippen LogP contribution is -2.47. The number of carbonyl (C=O) groups is 1. The van der Waals surface area contributed by atoms with Crippen molar-refractivity contribution in [1.82, 2.24) is 10.2 Å². The van der Waals surface area contributed by atoms with Crippen LogP contribution in [0.4, 0.5) is 5.69 Å². The number of nitrogens with zero attached hydrogens (tertiary/aromatic N) is 1. The number of fused-ring (bicyclic) bond motifs is 1. The van der Waals surface area contributed by atoms with Crippen LogP contribution in [0.2, 0.25) is 5.02 Å². The summed E-state index contributed by atoms with van der Waals surface area (Å²) >= 11 is 6.25. The Balaban J connectivity index is 1.73. The van der Waals surface area contributed by atoms with Gasteiger partial charge in [-0.3, -0.25) is 9.69 Å². The van der Waals surface area contributed by atoms with E-state index in [0.717, 1.165) is 25.2 Å². The molecule has 144 valence electrons. The number of likely N-dealkylation sites (N-methyl/N-ethyl adjacent to an activating group) is 1. The van der Waals surface area contributed by atoms with Crippen LogP contribution < -0.4 is 15.4 Å². The number of hydrogen-bond donors (Lipinski definition) is 2. The molecule has 1 heterocycles. The van der Waals surface area contributed by atoms with Gasteiger partial charge in [0, 0.05) is 32.2 Å². The van der Waals surface area contributed by atoms with Gasteiger partial charge in [0.25, 0.3) is 5.91 Å². The number of methoxy groups -OCH3 is 1. The summed E-state index contributed by atoms with van der Waals surface area (Å²) < 4.78 is 5.37. The first-order valence-corrected chi connectivity index (χ1v) is 9.59. The highest BCUT2D eigenvalue weighted by atomic mass is 35.5. The topological polar surface area (TPSA) is 53.6 Å². The number of halogens is 1. The molecule has 0 saturated heterocycles. The molecular formula is C21H26ClN3O2. The average molecular weight is 388 g/mol. The van der Waals surface area contributed by atoms with Crippen molar-refractivity contribution in [3.8, 4) is 5.75 Å². The van der Waals surface area contributed by atoms with Gasteiger partial charge < -0.3 is 15.4 Å². The minimum Gasteiger partial charge on any atom is -0.496 e. The van der Waals surface area contributed by atoms with Crippen molar-refractivity contribution in [2.45, 2.75) is 25.9 Å². The molecule has 27 heavy (non-hydrogen) atoms. The molecule has 0 fully saturated rings. The van der Waals surface area contributed by atoms with Gasteiger partial charge in [-0.15, -0.1) is 0 Å². The molecular weight excluding hydrogens is 362 g/mol. The lowest BCUT2D eigenvalue weighted by Gasteiger charge is -2.36. The van der Waals surface area contributed by atoms with Crippen molar-refractivity contribution in [2.24, 2.45) is 0 Å². The van der Waals surface area contributed by atoms with Crippen LogP contribution in [-0.2, 0) is 13.0 Å². The maximum absolute atomic E-state index is 12.8. The zero-order valence-corrected chi connectivity index (χ0v) is 16.8. The molecule has 0 unspecified atom stereocenters. The van der Waals surface area contributed by atoms with Gasteiger partial charge in [-0.25, -0.2) is 0 Å². The highest BCUT2D eigenvalue weighted by Gasteiger charge is 2.25. The Kier molecular flexibility index (Phi) is 6.24. The van der Waals surface area contributed by atoms with Crippen molar-refractivity contribution in [3.63, 3.8) is 0 Å². The lowest BCUT2D eigenvalue weighted by atomic mass is 9.94. The van der Waals surface area contributed by atoms with Crippen LogP contribution in [0, 0.1) is 0 Å². The number of hydrogen-bond acceptors (Lipinski definition) is 4. The van der Waals surface area contributed by atoms with E-state index in [1.165, 1.54) is 11.1 Å². The van der Waals surface area contributed by atoms with Gasteiger partial charge in [-0.05, 0) is 30.2 Å². The monoisotopic (exact) mass is 387 g/mol. The predicted octanol–water partition coefficient (Wildman–Crippen LogP) is 3.57. The molecule has 2 aromatic carbocycles. The Morgan fingerprint density at radius 1 is 1.30 bits per heavy atom. The maximum atomic E-state index is 12.8. The van der Waals surface area contributed by atoms with Crippen LogP contribution in [0.3, 0.4) is 0 Å². The van der Waals surface area contributed by atoms with Gasteiger partial charge in [-0.2, -0.15) is 0 Å². The van der Waals surface area contributed by atoms with Gasteiger partial charge in [0.05, 0.1) is 23.4 Å². The van der Waals surface area contributed by atoms with Gasteiger partial charge in [-0.1, -0.05) is 42.8 Å². The third-order valence-corrected chi connectivity index (χ3v) is 5.48. The van der Waals surface area contributed by atoms with E-state index in [1.54, 1.807) is 26.3 Å². The van der Waals surface area contributed by atoms with Gasteiger partial charge in [0.2, 0.25) is 0 Å². The summed E-state index contributed by atoms with van der Waals surface area (Å²) in [5, 5.41) is 6.55. The van der Waals surface area contributed by atoms with Crippen molar-refractivity contribution in [2.75, 3.05) is 32.6 Å². The zero-order valence-electron chi connectivity index (χ0n) is 16.0. The fourth-order valence-corrected chi connectivity index (χ4v) is 3.87. The van der Waals surface area contributed by atoms with E-state index >= 15 is 0 Å². The van der Waals surface area contributed by atoms with Gasteiger partial charge in [0.15, 0.2) is 0 Å². The van der Waals surface area contributed by atoms with Crippen LogP contribution in [0.1, 0.15) is 28.4 Å². The number of amides is 1. The van der Waals surface area contributed by atoms with Crippen LogP contribution in [-0.4, -0.2) is 44.1 Å². The van der Waals surface area contributed by atoms with Crippen LogP contribution in [0.25, 0.3) is 0 Å². The molecule has 0 bridgehead atoms. The van der Waals surface area contributed by atoms with Crippen molar-refractivity contribution < 1.29 is 9.53 Å². The molecule has 1 atom stereocenters. The predicted molar refractivity (Wildman–Crippen MR) is 110 cm³/mol. The molecule has 1 aliphatic rings. The molecule has 1 aliphatic heterocycles. The summed E-state index contributed by atoms with van der Waals surface area (Å²) in [5.41, 5.74) is 3.91. The minimum atomic E-state index is -0.175. The van der Waals surface area contributed by atoms with Crippen LogP contribution >= 0.6 is 11.6 Å². The standard InChI is InChI=1S/C21H26ClN3O2/c1-4-25-13-15-8-6-5-7-14(15)9-16(25)12-24-21(26)17-10-18(22)19(23-2)11-20(17)27-3/h5-8,10-11,16,23H,4,9,12-13H2,1-3H3,(H,24,26)/t16-/m1/s1. The first-order chi connectivity index (χ1) is 13.1. The third-order valence-electron chi connectivity index (χ3n) is 5.17. The molecule has 2 N–H and O–H groups in total. The fourth-order valence-electron chi connectivity index (χ4n) is 3.61. The zero-order chi connectivity index (χ0) is 19.4. The summed E-state index contributed by atoms with van der Waals surface area (Å²) in [6.07, 6.45) is 0.931. The number of anilines is 1. The summed E-state index contributed by atoms with van der Waals surface area (Å²) in [5.74, 6) is 0.328. The minimum absolute atomic E-state index is 0.175. The smallest absolute Gasteiger partial charge is 0.255 e. The first-order valence-electron chi connectivity index (χ1n) is 9.21. The summed E-state index contributed by atoms with van der Waals surface area (Å²) in [6, 6.07) is 12.2. The van der Waals surface area contributed by atoms with E-state index in [-0.39, 0.29) is 11.9 Å². The van der Waals surface area contributed by atoms with E-state index < -0.39 is 0 Å². The second-order valence-electron chi connectivity index (χ2n) is 6.68. The quantitative estimate of drug-likeness (QED) is 0.795. The fraction of sp³-hybridized carbons (Fsp3) is 0.381. The molecule has 0 aliphatic carbocycles. The highest BCUT2D eigenvalue weighted by molar-refractivity contribution is 6.33. The first kappa shape index (κ1) is 19.5. The molecule has 2 aromatic rings. The Hall–Kier alpha value is -2.24. The Bertz CT molecular complexity index is 825. The third kappa shape index (κ3) is 4.20. The Morgan fingerprint density at radius 2 is 2.04 bits per heavy atom. The van der Waals surface area contributed by atoms with Crippen LogP contribution in [0.15, 0.2) is 36.4 Å². The molecule has 0 saturated carbocycles. The Morgan fingerprint density at radius 3 is 2.70 bits per heavy atom. The van der Waals surface area contributed by atoms with Gasteiger partial charge in [0.1, 0.15) is 5.75 Å². The summed E-state index contributed by atoms with van der Waals surface area (Å²) in [7, 11) is 3.33. The van der Waals surface area contributed by atoms with E-state index in [1.807, 2.05) is 0 Å². The number of benzene rings is 2. The van der Waals surface area contributed by atoms with E-state index in [4.69, 9.17) is 16.3 Å². The van der Waals surface area contributed by atoms with E-state index in [2.05, 4.69) is 46.7 Å². The molecule has 0 aromatic heterocycles. The molecule has 1 amide bonds. The second kappa shape index (κ2) is 8.63. The number of ether oxygens (including phenoxy) is 1. The number of carbonyl (C=O) groups excluding carboxylic acids is 1.